The van der Waals surface area contributed by atoms with Crippen molar-refractivity contribution in [2.75, 3.05) is 20.0 Å². The number of rotatable bonds is 8. The molecule has 0 bridgehead atoms. The van der Waals surface area contributed by atoms with Crippen molar-refractivity contribution in [1.29, 1.82) is 5.26 Å². The van der Waals surface area contributed by atoms with Gasteiger partial charge in [0.2, 0.25) is 5.71 Å². The van der Waals surface area contributed by atoms with Crippen molar-refractivity contribution >= 4 is 29.4 Å². The van der Waals surface area contributed by atoms with Crippen molar-refractivity contribution in [2.45, 2.75) is 12.4 Å². The summed E-state index contributed by atoms with van der Waals surface area (Å²) in [4.78, 5) is 43.7. The third-order valence-corrected chi connectivity index (χ3v) is 4.40. The van der Waals surface area contributed by atoms with Gasteiger partial charge in [0.05, 0.1) is 29.8 Å². The molecule has 0 fully saturated rings. The number of nitrogens with zero attached hydrogens (tertiary/aromatic N) is 4. The van der Waals surface area contributed by atoms with E-state index in [2.05, 4.69) is 4.99 Å². The van der Waals surface area contributed by atoms with Crippen LogP contribution in [0.15, 0.2) is 34.8 Å². The first-order valence-electron chi connectivity index (χ1n) is 8.24. The molecular weight excluding hydrogens is 420 g/mol. The first-order valence-corrected chi connectivity index (χ1v) is 9.53. The topological polar surface area (TPSA) is 165 Å². The summed E-state index contributed by atoms with van der Waals surface area (Å²) >= 11 is 1.09. The first-order chi connectivity index (χ1) is 14.3. The Morgan fingerprint density at radius 1 is 1.47 bits per heavy atom. The number of benzene rings is 1. The van der Waals surface area contributed by atoms with Gasteiger partial charge in [-0.05, 0) is 31.4 Å². The molecule has 1 aromatic carbocycles. The van der Waals surface area contributed by atoms with Gasteiger partial charge in [0.1, 0.15) is 11.8 Å². The van der Waals surface area contributed by atoms with E-state index in [4.69, 9.17) is 19.6 Å². The van der Waals surface area contributed by atoms with Gasteiger partial charge in [-0.1, -0.05) is 0 Å². The molecule has 1 aromatic rings. The minimum atomic E-state index is -1.39. The van der Waals surface area contributed by atoms with Crippen molar-refractivity contribution in [3.05, 3.63) is 51.0 Å². The molecule has 12 nitrogen and oxygen atoms in total. The van der Waals surface area contributed by atoms with E-state index in [1.54, 1.807) is 12.3 Å². The monoisotopic (exact) mass is 436 g/mol. The zero-order valence-corrected chi connectivity index (χ0v) is 16.8. The molecule has 30 heavy (non-hydrogen) atoms. The second-order valence-corrected chi connectivity index (χ2v) is 6.30. The maximum atomic E-state index is 12.3. The van der Waals surface area contributed by atoms with Gasteiger partial charge in [-0.15, -0.1) is 11.8 Å². The molecule has 0 saturated heterocycles. The molecule has 0 aliphatic carbocycles. The number of carboxylic acid groups (broad SMARTS) is 1. The lowest BCUT2D eigenvalue weighted by atomic mass is 10.1. The number of aliphatic imine (C=N–C) groups is 1. The lowest BCUT2D eigenvalue weighted by molar-refractivity contribution is -0.421. The summed E-state index contributed by atoms with van der Waals surface area (Å²) in [6.07, 6.45) is 1.63. The fourth-order valence-corrected chi connectivity index (χ4v) is 3.02. The number of nitro groups is 1. The van der Waals surface area contributed by atoms with Gasteiger partial charge in [0, 0.05) is 0 Å². The van der Waals surface area contributed by atoms with Crippen LogP contribution in [0, 0.1) is 21.4 Å². The quantitative estimate of drug-likeness (QED) is 0.357. The predicted molar refractivity (Wildman–Crippen MR) is 103 cm³/mol. The van der Waals surface area contributed by atoms with Crippen molar-refractivity contribution in [3.63, 3.8) is 0 Å². The van der Waals surface area contributed by atoms with Crippen LogP contribution in [0.1, 0.15) is 22.8 Å². The van der Waals surface area contributed by atoms with E-state index in [1.165, 1.54) is 26.2 Å². The van der Waals surface area contributed by atoms with E-state index in [1.807, 2.05) is 0 Å². The number of carbonyl (C=O) groups is 2. The van der Waals surface area contributed by atoms with E-state index in [9.17, 15) is 24.8 Å². The number of hydrogen-bond donors (Lipinski definition) is 1. The molecule has 0 aromatic heterocycles. The Balaban J connectivity index is 2.65. The van der Waals surface area contributed by atoms with Crippen LogP contribution in [0.5, 0.6) is 5.75 Å². The fraction of sp³-hybridized carbons (Fsp3) is 0.294. The summed E-state index contributed by atoms with van der Waals surface area (Å²) in [5.74, 6) is -3.04. The summed E-state index contributed by atoms with van der Waals surface area (Å²) < 4.78 is 10.4. The van der Waals surface area contributed by atoms with Gasteiger partial charge in [-0.3, -0.25) is 15.0 Å². The van der Waals surface area contributed by atoms with Crippen LogP contribution in [-0.4, -0.2) is 58.2 Å². The average Bonchev–Trinajstić information content (AvgIpc) is 2.72. The van der Waals surface area contributed by atoms with Crippen LogP contribution in [0.2, 0.25) is 0 Å². The molecular formula is C17H16N4O8S. The lowest BCUT2D eigenvalue weighted by Gasteiger charge is -2.31. The molecule has 1 unspecified atom stereocenters. The second kappa shape index (κ2) is 9.72. The summed E-state index contributed by atoms with van der Waals surface area (Å²) in [6, 6.07) is 5.21. The normalized spacial score (nSPS) is 15.9. The van der Waals surface area contributed by atoms with Crippen molar-refractivity contribution < 1.29 is 33.9 Å². The Hall–Kier alpha value is -3.63. The molecule has 0 saturated carbocycles. The Bertz CT molecular complexity index is 984. The molecule has 1 atom stereocenters. The number of esters is 1. The molecule has 158 valence electrons. The number of aromatic carboxylic acids is 1. The van der Waals surface area contributed by atoms with E-state index in [0.717, 1.165) is 22.9 Å². The smallest absolute Gasteiger partial charge is 0.364 e. The minimum Gasteiger partial charge on any atom is -0.478 e. The standard InChI is InChI=1S/C17H16N4O8S/c1-4-28-16(24)12-13(21(25)26)14(20(27-2)17(19-12)30-3)29-10-6-5-9(8-18)11(7-10)15(22)23/h5-7,17H,4H2,1-3H3,(H,22,23). The highest BCUT2D eigenvalue weighted by atomic mass is 32.2. The fourth-order valence-electron chi connectivity index (χ4n) is 2.43. The molecule has 0 amide bonds. The number of hydrogen-bond acceptors (Lipinski definition) is 11. The lowest BCUT2D eigenvalue weighted by Crippen LogP contribution is -2.42. The third-order valence-electron chi connectivity index (χ3n) is 3.68. The van der Waals surface area contributed by atoms with E-state index in [0.29, 0.717) is 0 Å². The van der Waals surface area contributed by atoms with Gasteiger partial charge in [-0.25, -0.2) is 14.6 Å². The third kappa shape index (κ3) is 4.50. The predicted octanol–water partition coefficient (Wildman–Crippen LogP) is 1.61. The van der Waals surface area contributed by atoms with Crippen LogP contribution in [0.25, 0.3) is 0 Å². The first kappa shape index (κ1) is 22.7. The highest BCUT2D eigenvalue weighted by molar-refractivity contribution is 7.99. The largest absolute Gasteiger partial charge is 0.478 e. The molecule has 1 heterocycles. The summed E-state index contributed by atoms with van der Waals surface area (Å²) in [5.41, 5.74) is -2.80. The van der Waals surface area contributed by atoms with Gasteiger partial charge >= 0.3 is 23.5 Å². The Labute approximate surface area is 174 Å². The SMILES string of the molecule is CCOC(=O)C1=NC(SC)N(OC)C(Oc2ccc(C#N)c(C(=O)O)c2)=C1[N+](=O)[O-]. The number of nitriles is 1. The Morgan fingerprint density at radius 2 is 2.17 bits per heavy atom. The molecule has 13 heteroatoms. The number of carbonyl (C=O) groups excluding carboxylic acids is 1. The zero-order valence-electron chi connectivity index (χ0n) is 16.0. The summed E-state index contributed by atoms with van der Waals surface area (Å²) in [6.45, 7) is 1.50. The van der Waals surface area contributed by atoms with Crippen LogP contribution in [0.3, 0.4) is 0 Å². The number of carboxylic acids is 1. The number of hydroxylamine groups is 2. The molecule has 2 rings (SSSR count). The Morgan fingerprint density at radius 3 is 2.67 bits per heavy atom. The molecule has 0 radical (unpaired) electrons. The van der Waals surface area contributed by atoms with Gasteiger partial charge in [0.25, 0.3) is 0 Å². The highest BCUT2D eigenvalue weighted by Crippen LogP contribution is 2.31. The van der Waals surface area contributed by atoms with Crippen molar-refractivity contribution in [1.82, 2.24) is 5.06 Å². The highest BCUT2D eigenvalue weighted by Gasteiger charge is 2.44. The van der Waals surface area contributed by atoms with Gasteiger partial charge in [-0.2, -0.15) is 10.3 Å². The van der Waals surface area contributed by atoms with Crippen LogP contribution in [0.4, 0.5) is 0 Å². The van der Waals surface area contributed by atoms with Gasteiger partial charge < -0.3 is 14.6 Å². The molecule has 1 N–H and O–H groups in total. The summed E-state index contributed by atoms with van der Waals surface area (Å²) in [5, 5.41) is 31.0. The Kier molecular flexibility index (Phi) is 7.34. The van der Waals surface area contributed by atoms with E-state index >= 15 is 0 Å². The van der Waals surface area contributed by atoms with Crippen LogP contribution < -0.4 is 4.74 Å². The van der Waals surface area contributed by atoms with Crippen molar-refractivity contribution in [3.8, 4) is 11.8 Å². The summed E-state index contributed by atoms with van der Waals surface area (Å²) in [7, 11) is 1.22. The van der Waals surface area contributed by atoms with E-state index < -0.39 is 39.7 Å². The van der Waals surface area contributed by atoms with Gasteiger partial charge in [0.15, 0.2) is 5.50 Å². The minimum absolute atomic E-state index is 0.0332. The maximum Gasteiger partial charge on any atom is 0.364 e. The van der Waals surface area contributed by atoms with Crippen LogP contribution in [-0.2, 0) is 14.4 Å². The number of ether oxygens (including phenoxy) is 2. The maximum absolute atomic E-state index is 12.3. The van der Waals surface area contributed by atoms with Crippen molar-refractivity contribution in [2.24, 2.45) is 4.99 Å². The molecule has 1 aliphatic heterocycles. The van der Waals surface area contributed by atoms with Crippen LogP contribution >= 0.6 is 11.8 Å². The van der Waals surface area contributed by atoms with E-state index in [-0.39, 0.29) is 23.5 Å². The zero-order chi connectivity index (χ0) is 22.4. The number of thioether (sulfide) groups is 1. The average molecular weight is 436 g/mol. The molecule has 0 spiro atoms. The second-order valence-electron chi connectivity index (χ2n) is 5.41. The molecule has 1 aliphatic rings.